The summed E-state index contributed by atoms with van der Waals surface area (Å²) in [7, 11) is 1.60. The lowest BCUT2D eigenvalue weighted by Crippen LogP contribution is -2.29. The third kappa shape index (κ3) is 2.87. The number of aromatic amines is 1. The number of hydrogen-bond donors (Lipinski definition) is 2. The molecular formula is C12H15N5O2. The van der Waals surface area contributed by atoms with E-state index in [4.69, 9.17) is 4.74 Å². The minimum Gasteiger partial charge on any atom is -0.496 e. The molecule has 0 radical (unpaired) electrons. The number of tetrazole rings is 1. The van der Waals surface area contributed by atoms with Crippen molar-refractivity contribution in [1.82, 2.24) is 25.9 Å². The lowest BCUT2D eigenvalue weighted by Gasteiger charge is -2.18. The highest BCUT2D eigenvalue weighted by Crippen LogP contribution is 2.26. The predicted octanol–water partition coefficient (Wildman–Crippen LogP) is 1.09. The van der Waals surface area contributed by atoms with Crippen molar-refractivity contribution in [3.05, 3.63) is 35.7 Å². The predicted molar refractivity (Wildman–Crippen MR) is 67.7 cm³/mol. The summed E-state index contributed by atoms with van der Waals surface area (Å²) in [5.74, 6) is 0.391. The second-order valence-electron chi connectivity index (χ2n) is 3.91. The molecule has 7 heteroatoms. The second kappa shape index (κ2) is 5.94. The molecule has 7 nitrogen and oxygen atoms in total. The maximum Gasteiger partial charge on any atom is 0.293 e. The van der Waals surface area contributed by atoms with E-state index in [0.717, 1.165) is 17.7 Å². The van der Waals surface area contributed by atoms with E-state index in [9.17, 15) is 4.79 Å². The number of para-hydroxylation sites is 1. The van der Waals surface area contributed by atoms with Crippen molar-refractivity contribution in [3.8, 4) is 5.75 Å². The van der Waals surface area contributed by atoms with Gasteiger partial charge in [-0.05, 0) is 17.7 Å². The first kappa shape index (κ1) is 13.0. The summed E-state index contributed by atoms with van der Waals surface area (Å²) >= 11 is 0. The maximum atomic E-state index is 11.9. The molecule has 0 bridgehead atoms. The maximum absolute atomic E-state index is 11.9. The number of ether oxygens (including phenoxy) is 1. The SMILES string of the molecule is CCC(NC(=O)c1nn[nH]n1)c1ccccc1OC. The fourth-order valence-corrected chi connectivity index (χ4v) is 1.83. The van der Waals surface area contributed by atoms with Gasteiger partial charge in [0.2, 0.25) is 0 Å². The van der Waals surface area contributed by atoms with Gasteiger partial charge in [-0.25, -0.2) is 0 Å². The van der Waals surface area contributed by atoms with Crippen molar-refractivity contribution >= 4 is 5.91 Å². The molecule has 1 unspecified atom stereocenters. The number of H-pyrrole nitrogens is 1. The molecule has 1 atom stereocenters. The van der Waals surface area contributed by atoms with E-state index in [1.165, 1.54) is 0 Å². The van der Waals surface area contributed by atoms with Crippen LogP contribution in [0.1, 0.15) is 35.6 Å². The minimum atomic E-state index is -0.369. The van der Waals surface area contributed by atoms with Gasteiger partial charge in [0.1, 0.15) is 5.75 Å². The Hall–Kier alpha value is -2.44. The number of amides is 1. The Morgan fingerprint density at radius 2 is 2.26 bits per heavy atom. The van der Waals surface area contributed by atoms with Crippen LogP contribution in [-0.2, 0) is 0 Å². The lowest BCUT2D eigenvalue weighted by molar-refractivity contribution is 0.0924. The summed E-state index contributed by atoms with van der Waals surface area (Å²) in [5, 5.41) is 15.8. The molecule has 0 aliphatic carbocycles. The van der Waals surface area contributed by atoms with Crippen LogP contribution < -0.4 is 10.1 Å². The van der Waals surface area contributed by atoms with Gasteiger partial charge in [-0.2, -0.15) is 5.21 Å². The number of nitrogens with one attached hydrogen (secondary N) is 2. The van der Waals surface area contributed by atoms with Crippen LogP contribution in [0.25, 0.3) is 0 Å². The molecule has 2 N–H and O–H groups in total. The fourth-order valence-electron chi connectivity index (χ4n) is 1.83. The van der Waals surface area contributed by atoms with Crippen LogP contribution in [0.4, 0.5) is 0 Å². The molecule has 1 amide bonds. The van der Waals surface area contributed by atoms with Crippen molar-refractivity contribution in [2.75, 3.05) is 7.11 Å². The van der Waals surface area contributed by atoms with E-state index in [0.29, 0.717) is 0 Å². The largest absolute Gasteiger partial charge is 0.496 e. The Morgan fingerprint density at radius 1 is 1.47 bits per heavy atom. The average molecular weight is 261 g/mol. The quantitative estimate of drug-likeness (QED) is 0.840. The standard InChI is InChI=1S/C12H15N5O2/c1-3-9(8-6-4-5-7-10(8)19-2)13-12(18)11-14-16-17-15-11/h4-7,9H,3H2,1-2H3,(H,13,18)(H,14,15,16,17). The number of aromatic nitrogens is 4. The number of carbonyl (C=O) groups is 1. The first-order chi connectivity index (χ1) is 9.26. The van der Waals surface area contributed by atoms with E-state index in [-0.39, 0.29) is 17.8 Å². The third-order valence-electron chi connectivity index (χ3n) is 2.78. The molecule has 1 heterocycles. The molecule has 0 spiro atoms. The number of rotatable bonds is 5. The number of hydrogen-bond acceptors (Lipinski definition) is 5. The molecule has 2 rings (SSSR count). The minimum absolute atomic E-state index is 0.0216. The molecule has 0 aliphatic rings. The van der Waals surface area contributed by atoms with Gasteiger partial charge in [0.25, 0.3) is 11.7 Å². The van der Waals surface area contributed by atoms with Crippen LogP contribution >= 0.6 is 0 Å². The van der Waals surface area contributed by atoms with Gasteiger partial charge in [0, 0.05) is 5.56 Å². The molecule has 19 heavy (non-hydrogen) atoms. The third-order valence-corrected chi connectivity index (χ3v) is 2.78. The van der Waals surface area contributed by atoms with E-state index >= 15 is 0 Å². The molecule has 0 aliphatic heterocycles. The van der Waals surface area contributed by atoms with Gasteiger partial charge in [-0.15, -0.1) is 10.2 Å². The summed E-state index contributed by atoms with van der Waals surface area (Å²) < 4.78 is 5.30. The Morgan fingerprint density at radius 3 is 2.89 bits per heavy atom. The van der Waals surface area contributed by atoms with Crippen molar-refractivity contribution in [2.24, 2.45) is 0 Å². The number of methoxy groups -OCH3 is 1. The second-order valence-corrected chi connectivity index (χ2v) is 3.91. The van der Waals surface area contributed by atoms with Crippen LogP contribution in [0.3, 0.4) is 0 Å². The van der Waals surface area contributed by atoms with Gasteiger partial charge in [0.05, 0.1) is 13.2 Å². The smallest absolute Gasteiger partial charge is 0.293 e. The molecule has 100 valence electrons. The van der Waals surface area contributed by atoms with Gasteiger partial charge in [0.15, 0.2) is 0 Å². The van der Waals surface area contributed by atoms with Crippen LogP contribution in [0, 0.1) is 0 Å². The summed E-state index contributed by atoms with van der Waals surface area (Å²) in [6.45, 7) is 1.98. The van der Waals surface area contributed by atoms with Crippen molar-refractivity contribution < 1.29 is 9.53 Å². The van der Waals surface area contributed by atoms with Gasteiger partial charge < -0.3 is 10.1 Å². The summed E-state index contributed by atoms with van der Waals surface area (Å²) in [4.78, 5) is 11.9. The molecular weight excluding hydrogens is 246 g/mol. The summed E-state index contributed by atoms with van der Waals surface area (Å²) in [6.07, 6.45) is 0.726. The molecule has 1 aromatic heterocycles. The number of nitrogens with zero attached hydrogens (tertiary/aromatic N) is 3. The van der Waals surface area contributed by atoms with Gasteiger partial charge in [-0.3, -0.25) is 4.79 Å². The molecule has 1 aromatic carbocycles. The summed E-state index contributed by atoms with van der Waals surface area (Å²) in [5.41, 5.74) is 0.921. The monoisotopic (exact) mass is 261 g/mol. The zero-order chi connectivity index (χ0) is 13.7. The molecule has 0 fully saturated rings. The highest BCUT2D eigenvalue weighted by atomic mass is 16.5. The van der Waals surface area contributed by atoms with Crippen molar-refractivity contribution in [1.29, 1.82) is 0 Å². The molecule has 0 saturated heterocycles. The number of carbonyl (C=O) groups excluding carboxylic acids is 1. The first-order valence-corrected chi connectivity index (χ1v) is 5.93. The van der Waals surface area contributed by atoms with Crippen LogP contribution in [-0.4, -0.2) is 33.6 Å². The Kier molecular flexibility index (Phi) is 4.07. The Labute approximate surface area is 110 Å². The van der Waals surface area contributed by atoms with E-state index in [2.05, 4.69) is 25.9 Å². The van der Waals surface area contributed by atoms with Gasteiger partial charge >= 0.3 is 0 Å². The van der Waals surface area contributed by atoms with Crippen LogP contribution in [0.2, 0.25) is 0 Å². The highest BCUT2D eigenvalue weighted by Gasteiger charge is 2.19. The van der Waals surface area contributed by atoms with Crippen molar-refractivity contribution in [2.45, 2.75) is 19.4 Å². The zero-order valence-electron chi connectivity index (χ0n) is 10.8. The average Bonchev–Trinajstić information content (AvgIpc) is 2.98. The lowest BCUT2D eigenvalue weighted by atomic mass is 10.0. The van der Waals surface area contributed by atoms with Crippen molar-refractivity contribution in [3.63, 3.8) is 0 Å². The van der Waals surface area contributed by atoms with E-state index in [1.807, 2.05) is 31.2 Å². The van der Waals surface area contributed by atoms with E-state index in [1.54, 1.807) is 7.11 Å². The fraction of sp³-hybridized carbons (Fsp3) is 0.333. The molecule has 2 aromatic rings. The first-order valence-electron chi connectivity index (χ1n) is 5.93. The highest BCUT2D eigenvalue weighted by molar-refractivity contribution is 5.90. The Balaban J connectivity index is 2.18. The zero-order valence-corrected chi connectivity index (χ0v) is 10.8. The number of benzene rings is 1. The molecule has 0 saturated carbocycles. The summed E-state index contributed by atoms with van der Waals surface area (Å²) in [6, 6.07) is 7.40. The van der Waals surface area contributed by atoms with Crippen LogP contribution in [0.5, 0.6) is 5.75 Å². The Bertz CT molecular complexity index is 541. The van der Waals surface area contributed by atoms with E-state index < -0.39 is 0 Å². The van der Waals surface area contributed by atoms with Gasteiger partial charge in [-0.1, -0.05) is 25.1 Å². The topological polar surface area (TPSA) is 92.8 Å². The van der Waals surface area contributed by atoms with Crippen LogP contribution in [0.15, 0.2) is 24.3 Å². The normalized spacial score (nSPS) is 11.9.